The summed E-state index contributed by atoms with van der Waals surface area (Å²) in [4.78, 5) is 27.6. The van der Waals surface area contributed by atoms with Crippen molar-refractivity contribution in [1.82, 2.24) is 9.21 Å². The zero-order valence-corrected chi connectivity index (χ0v) is 19.3. The SMILES string of the molecule is CCN(CC)S(=O)(=O)c1sc2c(c1C(=O)OC)CCN(C(=O)Cc1ccc(F)cc1)C2. The van der Waals surface area contributed by atoms with Gasteiger partial charge in [-0.3, -0.25) is 4.79 Å². The Morgan fingerprint density at radius 2 is 1.84 bits per heavy atom. The molecule has 0 atom stereocenters. The summed E-state index contributed by atoms with van der Waals surface area (Å²) in [5.74, 6) is -1.19. The van der Waals surface area contributed by atoms with Gasteiger partial charge in [-0.15, -0.1) is 11.3 Å². The molecule has 2 heterocycles. The lowest BCUT2D eigenvalue weighted by Crippen LogP contribution is -2.36. The highest BCUT2D eigenvalue weighted by molar-refractivity contribution is 7.91. The van der Waals surface area contributed by atoms with Gasteiger partial charge in [-0.2, -0.15) is 4.31 Å². The first-order valence-electron chi connectivity index (χ1n) is 9.98. The number of thiophene rings is 1. The van der Waals surface area contributed by atoms with Gasteiger partial charge in [0.15, 0.2) is 0 Å². The smallest absolute Gasteiger partial charge is 0.340 e. The molecular weight excluding hydrogens is 443 g/mol. The van der Waals surface area contributed by atoms with E-state index in [0.29, 0.717) is 29.0 Å². The lowest BCUT2D eigenvalue weighted by atomic mass is 10.0. The van der Waals surface area contributed by atoms with Crippen LogP contribution in [0.15, 0.2) is 28.5 Å². The monoisotopic (exact) mass is 468 g/mol. The molecule has 0 spiro atoms. The minimum atomic E-state index is -3.86. The molecule has 31 heavy (non-hydrogen) atoms. The minimum absolute atomic E-state index is 0.0270. The Bertz CT molecular complexity index is 1080. The average molecular weight is 469 g/mol. The quantitative estimate of drug-likeness (QED) is 0.584. The Hall–Kier alpha value is -2.30. The van der Waals surface area contributed by atoms with Gasteiger partial charge in [-0.25, -0.2) is 17.6 Å². The first-order chi connectivity index (χ1) is 14.7. The first kappa shape index (κ1) is 23.4. The van der Waals surface area contributed by atoms with Crippen LogP contribution in [0.4, 0.5) is 4.39 Å². The van der Waals surface area contributed by atoms with E-state index >= 15 is 0 Å². The third kappa shape index (κ3) is 4.65. The topological polar surface area (TPSA) is 84.0 Å². The van der Waals surface area contributed by atoms with Gasteiger partial charge in [-0.05, 0) is 29.7 Å². The van der Waals surface area contributed by atoms with Crippen molar-refractivity contribution in [2.75, 3.05) is 26.7 Å². The van der Waals surface area contributed by atoms with E-state index in [-0.39, 0.29) is 47.6 Å². The highest BCUT2D eigenvalue weighted by atomic mass is 32.2. The third-order valence-electron chi connectivity index (χ3n) is 5.32. The average Bonchev–Trinajstić information content (AvgIpc) is 3.15. The molecule has 1 aromatic heterocycles. The van der Waals surface area contributed by atoms with Crippen LogP contribution in [0.2, 0.25) is 0 Å². The Labute approximate surface area is 185 Å². The van der Waals surface area contributed by atoms with Crippen LogP contribution < -0.4 is 0 Å². The Morgan fingerprint density at radius 1 is 1.19 bits per heavy atom. The van der Waals surface area contributed by atoms with Crippen LogP contribution in [0.3, 0.4) is 0 Å². The van der Waals surface area contributed by atoms with Crippen molar-refractivity contribution in [2.45, 2.75) is 37.4 Å². The summed E-state index contributed by atoms with van der Waals surface area (Å²) in [7, 11) is -2.64. The summed E-state index contributed by atoms with van der Waals surface area (Å²) in [5, 5.41) is 0. The van der Waals surface area contributed by atoms with Gasteiger partial charge >= 0.3 is 5.97 Å². The van der Waals surface area contributed by atoms with E-state index in [0.717, 1.165) is 11.3 Å². The van der Waals surface area contributed by atoms with E-state index in [4.69, 9.17) is 4.74 Å². The number of amides is 1. The Balaban J connectivity index is 1.92. The summed E-state index contributed by atoms with van der Waals surface area (Å²) >= 11 is 1.03. The molecule has 1 aromatic carbocycles. The number of benzene rings is 1. The van der Waals surface area contributed by atoms with Crippen molar-refractivity contribution < 1.29 is 27.1 Å². The predicted octanol–water partition coefficient (Wildman–Crippen LogP) is 2.83. The van der Waals surface area contributed by atoms with Crippen LogP contribution >= 0.6 is 11.3 Å². The maximum Gasteiger partial charge on any atom is 0.340 e. The highest BCUT2D eigenvalue weighted by Gasteiger charge is 2.36. The number of halogens is 1. The molecule has 0 saturated heterocycles. The molecule has 0 bridgehead atoms. The number of nitrogens with zero attached hydrogens (tertiary/aromatic N) is 2. The number of methoxy groups -OCH3 is 1. The standard InChI is InChI=1S/C21H25FN2O5S2/c1-4-24(5-2)31(27,28)21-19(20(26)29-3)16-10-11-23(13-17(16)30-21)18(25)12-14-6-8-15(22)9-7-14/h6-9H,4-5,10-13H2,1-3H3. The summed E-state index contributed by atoms with van der Waals surface area (Å²) in [6.07, 6.45) is 0.481. The van der Waals surface area contributed by atoms with Crippen molar-refractivity contribution >= 4 is 33.2 Å². The second-order valence-electron chi connectivity index (χ2n) is 7.12. The molecule has 1 amide bonds. The molecule has 0 unspecified atom stereocenters. The maximum absolute atomic E-state index is 13.2. The van der Waals surface area contributed by atoms with Crippen molar-refractivity contribution in [3.05, 3.63) is 51.7 Å². The van der Waals surface area contributed by atoms with Gasteiger partial charge in [0.2, 0.25) is 5.91 Å². The lowest BCUT2D eigenvalue weighted by molar-refractivity contribution is -0.131. The van der Waals surface area contributed by atoms with E-state index in [1.807, 2.05) is 0 Å². The Morgan fingerprint density at radius 3 is 2.42 bits per heavy atom. The number of ether oxygens (including phenoxy) is 1. The second-order valence-corrected chi connectivity index (χ2v) is 10.4. The van der Waals surface area contributed by atoms with Crippen LogP contribution in [-0.2, 0) is 38.9 Å². The van der Waals surface area contributed by atoms with Crippen molar-refractivity contribution in [3.63, 3.8) is 0 Å². The summed E-state index contributed by atoms with van der Waals surface area (Å²) < 4.78 is 45.6. The number of hydrogen-bond acceptors (Lipinski definition) is 6. The predicted molar refractivity (Wildman–Crippen MR) is 115 cm³/mol. The fraction of sp³-hybridized carbons (Fsp3) is 0.429. The van der Waals surface area contributed by atoms with Crippen LogP contribution in [-0.4, -0.2) is 56.2 Å². The van der Waals surface area contributed by atoms with Crippen molar-refractivity contribution in [3.8, 4) is 0 Å². The van der Waals surface area contributed by atoms with E-state index in [2.05, 4.69) is 0 Å². The second kappa shape index (κ2) is 9.46. The molecule has 1 aliphatic rings. The van der Waals surface area contributed by atoms with Gasteiger partial charge in [0.1, 0.15) is 10.0 Å². The normalized spacial score (nSPS) is 13.9. The van der Waals surface area contributed by atoms with Gasteiger partial charge < -0.3 is 9.64 Å². The first-order valence-corrected chi connectivity index (χ1v) is 12.2. The zero-order valence-electron chi connectivity index (χ0n) is 17.7. The number of hydrogen-bond donors (Lipinski definition) is 0. The van der Waals surface area contributed by atoms with Crippen LogP contribution in [0, 0.1) is 5.82 Å². The minimum Gasteiger partial charge on any atom is -0.465 e. The Kier molecular flexibility index (Phi) is 7.13. The molecule has 7 nitrogen and oxygen atoms in total. The number of rotatable bonds is 7. The third-order valence-corrected chi connectivity index (χ3v) is 9.08. The molecule has 10 heteroatoms. The van der Waals surface area contributed by atoms with Gasteiger partial charge in [-0.1, -0.05) is 26.0 Å². The molecule has 3 rings (SSSR count). The van der Waals surface area contributed by atoms with E-state index in [1.165, 1.54) is 23.5 Å². The molecule has 0 radical (unpaired) electrons. The van der Waals surface area contributed by atoms with Crippen molar-refractivity contribution in [2.24, 2.45) is 0 Å². The maximum atomic E-state index is 13.2. The fourth-order valence-corrected chi connectivity index (χ4v) is 7.15. The molecule has 2 aromatic rings. The number of carbonyl (C=O) groups excluding carboxylic acids is 2. The van der Waals surface area contributed by atoms with Crippen LogP contribution in [0.25, 0.3) is 0 Å². The fourth-order valence-electron chi connectivity index (χ4n) is 3.65. The van der Waals surface area contributed by atoms with Crippen molar-refractivity contribution in [1.29, 1.82) is 0 Å². The molecule has 0 saturated carbocycles. The molecule has 0 fully saturated rings. The van der Waals surface area contributed by atoms with Gasteiger partial charge in [0, 0.05) is 24.5 Å². The van der Waals surface area contributed by atoms with Crippen LogP contribution in [0.1, 0.15) is 40.2 Å². The zero-order chi connectivity index (χ0) is 22.8. The van der Waals surface area contributed by atoms with E-state index in [1.54, 1.807) is 30.9 Å². The van der Waals surface area contributed by atoms with Crippen LogP contribution in [0.5, 0.6) is 0 Å². The van der Waals surface area contributed by atoms with Gasteiger partial charge in [0.05, 0.1) is 25.6 Å². The summed E-state index contributed by atoms with van der Waals surface area (Å²) in [6.45, 7) is 4.62. The molecule has 0 aliphatic carbocycles. The summed E-state index contributed by atoms with van der Waals surface area (Å²) in [5.41, 5.74) is 1.41. The van der Waals surface area contributed by atoms with Gasteiger partial charge in [0.25, 0.3) is 10.0 Å². The number of carbonyl (C=O) groups is 2. The molecular formula is C21H25FN2O5S2. The molecule has 1 aliphatic heterocycles. The summed E-state index contributed by atoms with van der Waals surface area (Å²) in [6, 6.07) is 5.75. The molecule has 168 valence electrons. The molecule has 0 N–H and O–H groups in total. The lowest BCUT2D eigenvalue weighted by Gasteiger charge is -2.27. The largest absolute Gasteiger partial charge is 0.465 e. The number of fused-ring (bicyclic) bond motifs is 1. The number of esters is 1. The van der Waals surface area contributed by atoms with E-state index in [9.17, 15) is 22.4 Å². The van der Waals surface area contributed by atoms with E-state index < -0.39 is 16.0 Å². The number of sulfonamides is 1. The highest BCUT2D eigenvalue weighted by Crippen LogP contribution is 2.38.